The Kier molecular flexibility index (Phi) is 6.76. The van der Waals surface area contributed by atoms with Crippen LogP contribution in [0.1, 0.15) is 47.0 Å². The summed E-state index contributed by atoms with van der Waals surface area (Å²) in [4.78, 5) is 4.58. The van der Waals surface area contributed by atoms with Gasteiger partial charge in [0.1, 0.15) is 0 Å². The van der Waals surface area contributed by atoms with Crippen LogP contribution in [-0.4, -0.2) is 44.5 Å². The maximum Gasteiger partial charge on any atom is 0.189 e. The molecule has 3 unspecified atom stereocenters. The predicted molar refractivity (Wildman–Crippen MR) is 82.9 cm³/mol. The fourth-order valence-electron chi connectivity index (χ4n) is 2.49. The first-order valence-electron chi connectivity index (χ1n) is 7.62. The zero-order chi connectivity index (χ0) is 15.2. The van der Waals surface area contributed by atoms with Crippen molar-refractivity contribution in [1.29, 1.82) is 0 Å². The molecule has 3 atom stereocenters. The number of aliphatic imine (C=N–C) groups is 1. The second kappa shape index (κ2) is 7.84. The summed E-state index contributed by atoms with van der Waals surface area (Å²) in [5, 5.41) is 3.15. The van der Waals surface area contributed by atoms with Crippen LogP contribution in [0.4, 0.5) is 0 Å². The van der Waals surface area contributed by atoms with Gasteiger partial charge in [0.2, 0.25) is 0 Å². The van der Waals surface area contributed by atoms with E-state index in [0.29, 0.717) is 18.7 Å². The van der Waals surface area contributed by atoms with Gasteiger partial charge in [-0.3, -0.25) is 0 Å². The summed E-state index contributed by atoms with van der Waals surface area (Å²) in [5.41, 5.74) is 6.01. The van der Waals surface area contributed by atoms with Crippen molar-refractivity contribution in [1.82, 2.24) is 5.32 Å². The number of rotatable bonds is 8. The minimum atomic E-state index is 0.0601. The Hall–Kier alpha value is -0.810. The Labute approximate surface area is 123 Å². The van der Waals surface area contributed by atoms with Crippen LogP contribution in [0.3, 0.4) is 0 Å². The molecule has 3 N–H and O–H groups in total. The third kappa shape index (κ3) is 4.63. The van der Waals surface area contributed by atoms with Gasteiger partial charge in [0, 0.05) is 25.2 Å². The predicted octanol–water partition coefficient (Wildman–Crippen LogP) is 1.91. The van der Waals surface area contributed by atoms with Gasteiger partial charge in [-0.05, 0) is 19.8 Å². The fourth-order valence-corrected chi connectivity index (χ4v) is 2.49. The SMILES string of the molecule is CCCCOC1CC(N=C(N)NC(C)COC)C1(C)C. The summed E-state index contributed by atoms with van der Waals surface area (Å²) in [7, 11) is 1.68. The summed E-state index contributed by atoms with van der Waals surface area (Å²) in [6.07, 6.45) is 3.55. The van der Waals surface area contributed by atoms with Crippen LogP contribution in [0.2, 0.25) is 0 Å². The van der Waals surface area contributed by atoms with Crippen LogP contribution >= 0.6 is 0 Å². The maximum absolute atomic E-state index is 5.95. The third-order valence-corrected chi connectivity index (χ3v) is 4.05. The Morgan fingerprint density at radius 1 is 1.50 bits per heavy atom. The molecule has 0 radical (unpaired) electrons. The van der Waals surface area contributed by atoms with Crippen LogP contribution in [0.25, 0.3) is 0 Å². The average molecular weight is 285 g/mol. The van der Waals surface area contributed by atoms with Crippen molar-refractivity contribution in [3.8, 4) is 0 Å². The summed E-state index contributed by atoms with van der Waals surface area (Å²) in [5.74, 6) is 0.500. The molecular weight excluding hydrogens is 254 g/mol. The van der Waals surface area contributed by atoms with Crippen molar-refractivity contribution in [2.45, 2.75) is 65.1 Å². The Morgan fingerprint density at radius 2 is 2.20 bits per heavy atom. The van der Waals surface area contributed by atoms with Crippen molar-refractivity contribution < 1.29 is 9.47 Å². The maximum atomic E-state index is 5.95. The molecule has 0 aromatic carbocycles. The molecule has 5 nitrogen and oxygen atoms in total. The van der Waals surface area contributed by atoms with Gasteiger partial charge >= 0.3 is 0 Å². The highest BCUT2D eigenvalue weighted by atomic mass is 16.5. The molecule has 0 spiro atoms. The standard InChI is InChI=1S/C15H31N3O2/c1-6-7-8-20-13-9-12(15(13,3)4)18-14(16)17-11(2)10-19-5/h11-13H,6-10H2,1-5H3,(H3,16,17,18). The van der Waals surface area contributed by atoms with E-state index in [1.54, 1.807) is 7.11 Å². The zero-order valence-electron chi connectivity index (χ0n) is 13.6. The summed E-state index contributed by atoms with van der Waals surface area (Å²) in [6.45, 7) is 10.1. The van der Waals surface area contributed by atoms with Crippen LogP contribution in [0, 0.1) is 5.41 Å². The normalized spacial score (nSPS) is 26.9. The molecule has 1 aliphatic carbocycles. The topological polar surface area (TPSA) is 68.9 Å². The number of hydrogen-bond acceptors (Lipinski definition) is 3. The quantitative estimate of drug-likeness (QED) is 0.406. The number of nitrogens with two attached hydrogens (primary N) is 1. The lowest BCUT2D eigenvalue weighted by atomic mass is 9.65. The van der Waals surface area contributed by atoms with E-state index in [2.05, 4.69) is 31.1 Å². The molecule has 1 saturated carbocycles. The van der Waals surface area contributed by atoms with Crippen molar-refractivity contribution in [2.75, 3.05) is 20.3 Å². The highest BCUT2D eigenvalue weighted by Crippen LogP contribution is 2.44. The van der Waals surface area contributed by atoms with E-state index in [4.69, 9.17) is 15.2 Å². The lowest BCUT2D eigenvalue weighted by molar-refractivity contribution is -0.107. The molecule has 0 saturated heterocycles. The van der Waals surface area contributed by atoms with E-state index in [1.165, 1.54) is 6.42 Å². The minimum absolute atomic E-state index is 0.0601. The van der Waals surface area contributed by atoms with Gasteiger partial charge in [-0.2, -0.15) is 0 Å². The number of nitrogens with zero attached hydrogens (tertiary/aromatic N) is 1. The van der Waals surface area contributed by atoms with Crippen molar-refractivity contribution in [2.24, 2.45) is 16.1 Å². The Bertz CT molecular complexity index is 318. The summed E-state index contributed by atoms with van der Waals surface area (Å²) in [6, 6.07) is 0.403. The smallest absolute Gasteiger partial charge is 0.189 e. The lowest BCUT2D eigenvalue weighted by Gasteiger charge is -2.49. The number of methoxy groups -OCH3 is 1. The van der Waals surface area contributed by atoms with Crippen molar-refractivity contribution in [3.05, 3.63) is 0 Å². The fraction of sp³-hybridized carbons (Fsp3) is 0.933. The minimum Gasteiger partial charge on any atom is -0.383 e. The molecule has 0 aromatic rings. The van der Waals surface area contributed by atoms with E-state index in [9.17, 15) is 0 Å². The molecule has 0 heterocycles. The summed E-state index contributed by atoms with van der Waals surface area (Å²) >= 11 is 0. The molecule has 5 heteroatoms. The van der Waals surface area contributed by atoms with Crippen LogP contribution in [0.5, 0.6) is 0 Å². The monoisotopic (exact) mass is 285 g/mol. The lowest BCUT2D eigenvalue weighted by Crippen LogP contribution is -2.55. The van der Waals surface area contributed by atoms with E-state index >= 15 is 0 Å². The molecule has 1 fully saturated rings. The number of hydrogen-bond donors (Lipinski definition) is 2. The van der Waals surface area contributed by atoms with Gasteiger partial charge in [-0.1, -0.05) is 27.2 Å². The number of guanidine groups is 1. The molecule has 0 bridgehead atoms. The van der Waals surface area contributed by atoms with Crippen molar-refractivity contribution >= 4 is 5.96 Å². The molecule has 1 rings (SSSR count). The molecule has 0 amide bonds. The number of unbranched alkanes of at least 4 members (excludes halogenated alkanes) is 1. The summed E-state index contributed by atoms with van der Waals surface area (Å²) < 4.78 is 11.0. The van der Waals surface area contributed by atoms with Crippen LogP contribution in [0.15, 0.2) is 4.99 Å². The highest BCUT2D eigenvalue weighted by molar-refractivity contribution is 5.78. The molecule has 118 valence electrons. The second-order valence-electron chi connectivity index (χ2n) is 6.30. The van der Waals surface area contributed by atoms with Gasteiger partial charge in [0.15, 0.2) is 5.96 Å². The molecular formula is C15H31N3O2. The van der Waals surface area contributed by atoms with Crippen LogP contribution < -0.4 is 11.1 Å². The van der Waals surface area contributed by atoms with E-state index < -0.39 is 0 Å². The largest absolute Gasteiger partial charge is 0.383 e. The van der Waals surface area contributed by atoms with Gasteiger partial charge in [0.25, 0.3) is 0 Å². The van der Waals surface area contributed by atoms with Gasteiger partial charge < -0.3 is 20.5 Å². The Morgan fingerprint density at radius 3 is 2.75 bits per heavy atom. The van der Waals surface area contributed by atoms with E-state index in [-0.39, 0.29) is 17.5 Å². The van der Waals surface area contributed by atoms with Crippen LogP contribution in [-0.2, 0) is 9.47 Å². The van der Waals surface area contributed by atoms with Gasteiger partial charge in [0.05, 0.1) is 18.8 Å². The van der Waals surface area contributed by atoms with Gasteiger partial charge in [-0.25, -0.2) is 4.99 Å². The Balaban J connectivity index is 2.42. The first-order chi connectivity index (χ1) is 9.41. The molecule has 20 heavy (non-hydrogen) atoms. The van der Waals surface area contributed by atoms with E-state index in [0.717, 1.165) is 19.4 Å². The first kappa shape index (κ1) is 17.2. The average Bonchev–Trinajstić information content (AvgIpc) is 2.37. The molecule has 1 aliphatic rings. The molecule has 0 aliphatic heterocycles. The van der Waals surface area contributed by atoms with Crippen molar-refractivity contribution in [3.63, 3.8) is 0 Å². The second-order valence-corrected chi connectivity index (χ2v) is 6.30. The third-order valence-electron chi connectivity index (χ3n) is 4.05. The number of ether oxygens (including phenoxy) is 2. The number of nitrogens with one attached hydrogen (secondary N) is 1. The van der Waals surface area contributed by atoms with Gasteiger partial charge in [-0.15, -0.1) is 0 Å². The first-order valence-corrected chi connectivity index (χ1v) is 7.62. The van der Waals surface area contributed by atoms with E-state index in [1.807, 2.05) is 6.92 Å². The highest BCUT2D eigenvalue weighted by Gasteiger charge is 2.49. The molecule has 0 aromatic heterocycles. The zero-order valence-corrected chi connectivity index (χ0v) is 13.6.